The molecular weight excluding hydrogens is 330 g/mol. The third-order valence-electron chi connectivity index (χ3n) is 4.60. The van der Waals surface area contributed by atoms with E-state index < -0.39 is 0 Å². The van der Waals surface area contributed by atoms with E-state index in [1.165, 1.54) is 0 Å². The molecule has 26 heavy (non-hydrogen) atoms. The molecule has 0 aliphatic carbocycles. The highest BCUT2D eigenvalue weighted by Crippen LogP contribution is 2.18. The smallest absolute Gasteiger partial charge is 0.321 e. The number of rotatable bonds is 2. The van der Waals surface area contributed by atoms with Gasteiger partial charge in [0.05, 0.1) is 11.9 Å². The number of aryl methyl sites for hydroxylation is 2. The van der Waals surface area contributed by atoms with Crippen molar-refractivity contribution in [3.63, 3.8) is 0 Å². The topological polar surface area (TPSA) is 78.7 Å². The van der Waals surface area contributed by atoms with Crippen molar-refractivity contribution < 1.29 is 4.79 Å². The Balaban J connectivity index is 1.39. The van der Waals surface area contributed by atoms with Crippen molar-refractivity contribution >= 4 is 23.1 Å². The molecule has 1 aliphatic rings. The van der Waals surface area contributed by atoms with Crippen molar-refractivity contribution in [2.24, 2.45) is 0 Å². The summed E-state index contributed by atoms with van der Waals surface area (Å²) in [4.78, 5) is 16.5. The van der Waals surface area contributed by atoms with Crippen LogP contribution in [0.4, 0.5) is 16.2 Å². The lowest BCUT2D eigenvalue weighted by Crippen LogP contribution is -2.50. The normalized spacial score (nSPS) is 14.7. The van der Waals surface area contributed by atoms with Gasteiger partial charge < -0.3 is 15.1 Å². The van der Waals surface area contributed by atoms with Gasteiger partial charge in [0.2, 0.25) is 0 Å². The first kappa shape index (κ1) is 16.3. The second-order valence-corrected chi connectivity index (χ2v) is 6.50. The lowest BCUT2D eigenvalue weighted by atomic mass is 10.2. The molecule has 2 aromatic heterocycles. The first-order chi connectivity index (χ1) is 12.6. The number of benzene rings is 1. The van der Waals surface area contributed by atoms with Crippen LogP contribution in [0.3, 0.4) is 0 Å². The second-order valence-electron chi connectivity index (χ2n) is 6.50. The summed E-state index contributed by atoms with van der Waals surface area (Å²) in [5.74, 6) is 0.768. The second kappa shape index (κ2) is 6.62. The minimum atomic E-state index is -0.0584. The Labute approximate surface area is 151 Å². The Kier molecular flexibility index (Phi) is 4.16. The zero-order chi connectivity index (χ0) is 18.1. The predicted molar refractivity (Wildman–Crippen MR) is 99.5 cm³/mol. The van der Waals surface area contributed by atoms with Gasteiger partial charge in [0.25, 0.3) is 0 Å². The van der Waals surface area contributed by atoms with E-state index in [9.17, 15) is 4.79 Å². The van der Waals surface area contributed by atoms with Gasteiger partial charge in [-0.2, -0.15) is 9.61 Å². The van der Waals surface area contributed by atoms with Gasteiger partial charge in [-0.05, 0) is 31.5 Å². The first-order valence-corrected chi connectivity index (χ1v) is 8.66. The molecule has 0 radical (unpaired) electrons. The number of carbonyl (C=O) groups excluding carboxylic acids is 1. The molecule has 2 amide bonds. The van der Waals surface area contributed by atoms with Gasteiger partial charge >= 0.3 is 6.03 Å². The van der Waals surface area contributed by atoms with Gasteiger partial charge in [0, 0.05) is 37.9 Å². The molecule has 1 aliphatic heterocycles. The number of fused-ring (bicyclic) bond motifs is 1. The molecule has 1 saturated heterocycles. The summed E-state index contributed by atoms with van der Waals surface area (Å²) in [5.41, 5.74) is 3.69. The molecule has 4 rings (SSSR count). The molecular formula is C18H21N7O. The van der Waals surface area contributed by atoms with Gasteiger partial charge in [-0.1, -0.05) is 12.1 Å². The SMILES string of the molecule is Cc1cccc(NC(=O)N2CCN(c3cnn4c(C)nnc4c3)CC2)c1. The highest BCUT2D eigenvalue weighted by molar-refractivity contribution is 5.89. The highest BCUT2D eigenvalue weighted by Gasteiger charge is 2.22. The Hall–Kier alpha value is -3.16. The van der Waals surface area contributed by atoms with E-state index in [4.69, 9.17) is 0 Å². The first-order valence-electron chi connectivity index (χ1n) is 8.66. The summed E-state index contributed by atoms with van der Waals surface area (Å²) in [6.45, 7) is 6.72. The van der Waals surface area contributed by atoms with Gasteiger partial charge in [0.1, 0.15) is 0 Å². The lowest BCUT2D eigenvalue weighted by Gasteiger charge is -2.35. The zero-order valence-electron chi connectivity index (χ0n) is 14.9. The molecule has 0 atom stereocenters. The lowest BCUT2D eigenvalue weighted by molar-refractivity contribution is 0.208. The molecule has 8 heteroatoms. The molecule has 1 aromatic carbocycles. The number of aromatic nitrogens is 4. The van der Waals surface area contributed by atoms with Crippen LogP contribution < -0.4 is 10.2 Å². The summed E-state index contributed by atoms with van der Waals surface area (Å²) in [7, 11) is 0. The van der Waals surface area contributed by atoms with Crippen LogP contribution in [0.25, 0.3) is 5.65 Å². The summed E-state index contributed by atoms with van der Waals surface area (Å²) < 4.78 is 1.72. The number of amides is 2. The van der Waals surface area contributed by atoms with Crippen LogP contribution >= 0.6 is 0 Å². The largest absolute Gasteiger partial charge is 0.367 e. The van der Waals surface area contributed by atoms with Crippen LogP contribution in [0.15, 0.2) is 36.5 Å². The van der Waals surface area contributed by atoms with Crippen molar-refractivity contribution in [1.82, 2.24) is 24.7 Å². The Morgan fingerprint density at radius 1 is 1.08 bits per heavy atom. The average Bonchev–Trinajstić information content (AvgIpc) is 3.02. The zero-order valence-corrected chi connectivity index (χ0v) is 14.9. The van der Waals surface area contributed by atoms with E-state index in [0.717, 1.165) is 41.5 Å². The van der Waals surface area contributed by atoms with Crippen LogP contribution in [0.1, 0.15) is 11.4 Å². The maximum Gasteiger partial charge on any atom is 0.321 e. The maximum atomic E-state index is 12.5. The standard InChI is InChI=1S/C18H21N7O/c1-13-4-3-5-15(10-13)20-18(26)24-8-6-23(7-9-24)16-11-17-22-21-14(2)25(17)19-12-16/h3-5,10-12H,6-9H2,1-2H3,(H,20,26). The quantitative estimate of drug-likeness (QED) is 0.765. The van der Waals surface area contributed by atoms with E-state index in [-0.39, 0.29) is 6.03 Å². The number of hydrogen-bond acceptors (Lipinski definition) is 5. The number of anilines is 2. The molecule has 0 saturated carbocycles. The fourth-order valence-electron chi connectivity index (χ4n) is 3.16. The summed E-state index contributed by atoms with van der Waals surface area (Å²) in [6.07, 6.45) is 1.83. The Morgan fingerprint density at radius 2 is 1.88 bits per heavy atom. The summed E-state index contributed by atoms with van der Waals surface area (Å²) in [6, 6.07) is 9.75. The van der Waals surface area contributed by atoms with E-state index in [0.29, 0.717) is 13.1 Å². The monoisotopic (exact) mass is 351 g/mol. The van der Waals surface area contributed by atoms with Crippen molar-refractivity contribution in [3.8, 4) is 0 Å². The fraction of sp³-hybridized carbons (Fsp3) is 0.333. The van der Waals surface area contributed by atoms with Gasteiger partial charge in [0.15, 0.2) is 11.5 Å². The Morgan fingerprint density at radius 3 is 2.65 bits per heavy atom. The van der Waals surface area contributed by atoms with Crippen LogP contribution in [-0.2, 0) is 0 Å². The van der Waals surface area contributed by atoms with E-state index in [2.05, 4.69) is 25.5 Å². The summed E-state index contributed by atoms with van der Waals surface area (Å²) in [5, 5.41) is 15.5. The molecule has 0 unspecified atom stereocenters. The average molecular weight is 351 g/mol. The van der Waals surface area contributed by atoms with Crippen molar-refractivity contribution in [3.05, 3.63) is 47.9 Å². The number of nitrogens with zero attached hydrogens (tertiary/aromatic N) is 6. The molecule has 0 bridgehead atoms. The third-order valence-corrected chi connectivity index (χ3v) is 4.60. The van der Waals surface area contributed by atoms with Crippen molar-refractivity contribution in [2.45, 2.75) is 13.8 Å². The van der Waals surface area contributed by atoms with Crippen LogP contribution in [0.5, 0.6) is 0 Å². The highest BCUT2D eigenvalue weighted by atomic mass is 16.2. The minimum absolute atomic E-state index is 0.0584. The van der Waals surface area contributed by atoms with Gasteiger partial charge in [-0.3, -0.25) is 0 Å². The number of nitrogens with one attached hydrogen (secondary N) is 1. The van der Waals surface area contributed by atoms with Crippen molar-refractivity contribution in [1.29, 1.82) is 0 Å². The maximum absolute atomic E-state index is 12.5. The third kappa shape index (κ3) is 3.17. The molecule has 3 heterocycles. The fourth-order valence-corrected chi connectivity index (χ4v) is 3.16. The van der Waals surface area contributed by atoms with E-state index in [1.54, 1.807) is 4.52 Å². The summed E-state index contributed by atoms with van der Waals surface area (Å²) >= 11 is 0. The molecule has 0 spiro atoms. The molecule has 134 valence electrons. The minimum Gasteiger partial charge on any atom is -0.367 e. The Bertz CT molecular complexity index is 944. The van der Waals surface area contributed by atoms with Crippen LogP contribution in [0, 0.1) is 13.8 Å². The molecule has 1 N–H and O–H groups in total. The van der Waals surface area contributed by atoms with Crippen LogP contribution in [-0.4, -0.2) is 56.9 Å². The van der Waals surface area contributed by atoms with Crippen molar-refractivity contribution in [2.75, 3.05) is 36.4 Å². The number of hydrogen-bond donors (Lipinski definition) is 1. The van der Waals surface area contributed by atoms with Gasteiger partial charge in [-0.25, -0.2) is 4.79 Å². The number of piperazine rings is 1. The molecule has 8 nitrogen and oxygen atoms in total. The predicted octanol–water partition coefficient (Wildman–Crippen LogP) is 2.10. The molecule has 1 fully saturated rings. The number of urea groups is 1. The van der Waals surface area contributed by atoms with Gasteiger partial charge in [-0.15, -0.1) is 10.2 Å². The van der Waals surface area contributed by atoms with E-state index in [1.807, 2.05) is 55.3 Å². The number of carbonyl (C=O) groups is 1. The van der Waals surface area contributed by atoms with Crippen LogP contribution in [0.2, 0.25) is 0 Å². The van der Waals surface area contributed by atoms with E-state index >= 15 is 0 Å². The molecule has 3 aromatic rings.